The predicted molar refractivity (Wildman–Crippen MR) is 97.4 cm³/mol. The number of hydrogen-bond donors (Lipinski definition) is 1. The number of rotatable bonds is 2. The van der Waals surface area contributed by atoms with Crippen molar-refractivity contribution in [2.24, 2.45) is 0 Å². The van der Waals surface area contributed by atoms with Gasteiger partial charge in [-0.05, 0) is 31.0 Å². The van der Waals surface area contributed by atoms with Crippen molar-refractivity contribution in [1.29, 1.82) is 0 Å². The van der Waals surface area contributed by atoms with E-state index in [-0.39, 0.29) is 36.0 Å². The number of carbonyl (C=O) groups excluding carboxylic acids is 2. The van der Waals surface area contributed by atoms with Crippen LogP contribution in [0.1, 0.15) is 56.4 Å². The normalized spacial score (nSPS) is 17.6. The number of nitrogens with one attached hydrogen (secondary N) is 1. The molecule has 1 fully saturated rings. The fourth-order valence-electron chi connectivity index (χ4n) is 3.92. The fraction of sp³-hybridized carbons (Fsp3) is 0.400. The van der Waals surface area contributed by atoms with Gasteiger partial charge in [-0.25, -0.2) is 0 Å². The zero-order chi connectivity index (χ0) is 20.6. The Morgan fingerprint density at radius 1 is 1.17 bits per heavy atom. The molecule has 2 aliphatic rings. The average Bonchev–Trinajstić information content (AvgIpc) is 2.73. The van der Waals surface area contributed by atoms with Crippen LogP contribution in [0.2, 0.25) is 0 Å². The van der Waals surface area contributed by atoms with Crippen LogP contribution in [-0.2, 0) is 12.6 Å². The standard InChI is InChI=1S/C20H19F3N4O2/c21-20(22,23)14-11-16(26-15-3-8-25-18(28)17(14)15)12-4-9-27(10-5-12)19(29)13-1-6-24-7-2-13/h1-2,6-7,11-12H,3-5,8-10H2,(H,25,28). The lowest BCUT2D eigenvalue weighted by atomic mass is 9.89. The molecule has 2 aromatic rings. The highest BCUT2D eigenvalue weighted by molar-refractivity contribution is 5.98. The van der Waals surface area contributed by atoms with Crippen LogP contribution in [0.4, 0.5) is 13.2 Å². The number of nitrogens with zero attached hydrogens (tertiary/aromatic N) is 3. The highest BCUT2D eigenvalue weighted by atomic mass is 19.4. The van der Waals surface area contributed by atoms with Gasteiger partial charge in [0, 0.05) is 55.6 Å². The van der Waals surface area contributed by atoms with E-state index in [0.717, 1.165) is 6.07 Å². The highest BCUT2D eigenvalue weighted by Crippen LogP contribution is 2.37. The minimum atomic E-state index is -4.63. The van der Waals surface area contributed by atoms with E-state index in [1.54, 1.807) is 29.4 Å². The maximum absolute atomic E-state index is 13.6. The minimum Gasteiger partial charge on any atom is -0.352 e. The summed E-state index contributed by atoms with van der Waals surface area (Å²) in [6.07, 6.45) is -0.221. The second kappa shape index (κ2) is 7.46. The van der Waals surface area contributed by atoms with Crippen molar-refractivity contribution >= 4 is 11.8 Å². The summed E-state index contributed by atoms with van der Waals surface area (Å²) in [4.78, 5) is 34.5. The molecule has 6 nitrogen and oxygen atoms in total. The summed E-state index contributed by atoms with van der Waals surface area (Å²) in [5.74, 6) is -1.03. The molecule has 0 aromatic carbocycles. The van der Waals surface area contributed by atoms with E-state index in [0.29, 0.717) is 37.2 Å². The van der Waals surface area contributed by atoms with Gasteiger partial charge in [0.25, 0.3) is 11.8 Å². The Balaban J connectivity index is 1.56. The Hall–Kier alpha value is -2.97. The van der Waals surface area contributed by atoms with E-state index < -0.39 is 17.6 Å². The number of alkyl halides is 3. The van der Waals surface area contributed by atoms with E-state index in [4.69, 9.17) is 0 Å². The van der Waals surface area contributed by atoms with E-state index in [1.165, 1.54) is 0 Å². The van der Waals surface area contributed by atoms with Gasteiger partial charge >= 0.3 is 6.18 Å². The van der Waals surface area contributed by atoms with Crippen molar-refractivity contribution < 1.29 is 22.8 Å². The largest absolute Gasteiger partial charge is 0.417 e. The van der Waals surface area contributed by atoms with Gasteiger partial charge in [-0.3, -0.25) is 19.6 Å². The quantitative estimate of drug-likeness (QED) is 0.835. The summed E-state index contributed by atoms with van der Waals surface area (Å²) in [5, 5.41) is 2.46. The van der Waals surface area contributed by atoms with Crippen LogP contribution in [0, 0.1) is 0 Å². The molecule has 1 saturated heterocycles. The number of aromatic nitrogens is 2. The first kappa shape index (κ1) is 19.4. The number of carbonyl (C=O) groups is 2. The Kier molecular flexibility index (Phi) is 4.97. The number of likely N-dealkylation sites (tertiary alicyclic amines) is 1. The predicted octanol–water partition coefficient (Wildman–Crippen LogP) is 2.80. The molecule has 152 valence electrons. The van der Waals surface area contributed by atoms with Crippen LogP contribution in [-0.4, -0.2) is 46.3 Å². The Bertz CT molecular complexity index is 939. The number of pyridine rings is 2. The average molecular weight is 404 g/mol. The molecule has 0 aliphatic carbocycles. The first-order valence-corrected chi connectivity index (χ1v) is 9.43. The Morgan fingerprint density at radius 3 is 2.52 bits per heavy atom. The molecule has 1 N–H and O–H groups in total. The molecule has 2 aliphatic heterocycles. The van der Waals surface area contributed by atoms with Crippen LogP contribution >= 0.6 is 0 Å². The lowest BCUT2D eigenvalue weighted by molar-refractivity contribution is -0.138. The first-order valence-electron chi connectivity index (χ1n) is 9.43. The third-order valence-corrected chi connectivity index (χ3v) is 5.42. The molecule has 29 heavy (non-hydrogen) atoms. The topological polar surface area (TPSA) is 75.2 Å². The van der Waals surface area contributed by atoms with Gasteiger partial charge in [0.2, 0.25) is 0 Å². The smallest absolute Gasteiger partial charge is 0.352 e. The molecule has 4 rings (SSSR count). The number of halogens is 3. The second-order valence-corrected chi connectivity index (χ2v) is 7.22. The summed E-state index contributed by atoms with van der Waals surface area (Å²) < 4.78 is 40.8. The van der Waals surface area contributed by atoms with Gasteiger partial charge in [0.1, 0.15) is 0 Å². The molecule has 4 heterocycles. The van der Waals surface area contributed by atoms with Gasteiger partial charge in [-0.1, -0.05) is 0 Å². The maximum Gasteiger partial charge on any atom is 0.417 e. The highest BCUT2D eigenvalue weighted by Gasteiger charge is 2.39. The number of amides is 2. The Morgan fingerprint density at radius 2 is 1.86 bits per heavy atom. The van der Waals surface area contributed by atoms with E-state index in [2.05, 4.69) is 15.3 Å². The van der Waals surface area contributed by atoms with Crippen LogP contribution in [0.5, 0.6) is 0 Å². The minimum absolute atomic E-state index is 0.114. The lowest BCUT2D eigenvalue weighted by Crippen LogP contribution is -2.38. The van der Waals surface area contributed by atoms with Crippen LogP contribution in [0.3, 0.4) is 0 Å². The fourth-order valence-corrected chi connectivity index (χ4v) is 3.92. The van der Waals surface area contributed by atoms with Gasteiger partial charge in [-0.15, -0.1) is 0 Å². The van der Waals surface area contributed by atoms with Gasteiger partial charge in [0.15, 0.2) is 0 Å². The maximum atomic E-state index is 13.6. The molecule has 0 spiro atoms. The number of hydrogen-bond acceptors (Lipinski definition) is 4. The number of piperidine rings is 1. The van der Waals surface area contributed by atoms with Gasteiger partial charge in [0.05, 0.1) is 16.8 Å². The van der Waals surface area contributed by atoms with E-state index in [9.17, 15) is 22.8 Å². The monoisotopic (exact) mass is 404 g/mol. The van der Waals surface area contributed by atoms with Gasteiger partial charge < -0.3 is 10.2 Å². The van der Waals surface area contributed by atoms with Crippen molar-refractivity contribution in [2.75, 3.05) is 19.6 Å². The summed E-state index contributed by atoms with van der Waals surface area (Å²) in [5.41, 5.74) is -0.200. The van der Waals surface area contributed by atoms with Crippen LogP contribution in [0.25, 0.3) is 0 Å². The molecular formula is C20H19F3N4O2. The molecule has 0 atom stereocenters. The summed E-state index contributed by atoms with van der Waals surface area (Å²) in [6, 6.07) is 4.29. The molecular weight excluding hydrogens is 385 g/mol. The molecule has 0 unspecified atom stereocenters. The van der Waals surface area contributed by atoms with Crippen LogP contribution in [0.15, 0.2) is 30.6 Å². The van der Waals surface area contributed by atoms with Crippen LogP contribution < -0.4 is 5.32 Å². The summed E-state index contributed by atoms with van der Waals surface area (Å²) in [7, 11) is 0. The second-order valence-electron chi connectivity index (χ2n) is 7.22. The lowest BCUT2D eigenvalue weighted by Gasteiger charge is -2.32. The first-order chi connectivity index (χ1) is 13.8. The molecule has 2 amide bonds. The molecule has 0 saturated carbocycles. The molecule has 9 heteroatoms. The van der Waals surface area contributed by atoms with Crippen molar-refractivity contribution in [3.63, 3.8) is 0 Å². The van der Waals surface area contributed by atoms with Gasteiger partial charge in [-0.2, -0.15) is 13.2 Å². The zero-order valence-corrected chi connectivity index (χ0v) is 15.5. The summed E-state index contributed by atoms with van der Waals surface area (Å²) >= 11 is 0. The third kappa shape index (κ3) is 3.81. The Labute approximate surface area is 165 Å². The SMILES string of the molecule is O=C1NCCc2nc(C3CCN(C(=O)c4ccncc4)CC3)cc(C(F)(F)F)c21. The summed E-state index contributed by atoms with van der Waals surface area (Å²) in [6.45, 7) is 1.15. The van der Waals surface area contributed by atoms with Crippen molar-refractivity contribution in [1.82, 2.24) is 20.2 Å². The van der Waals surface area contributed by atoms with Crippen molar-refractivity contribution in [3.8, 4) is 0 Å². The zero-order valence-electron chi connectivity index (χ0n) is 15.5. The molecule has 0 radical (unpaired) electrons. The third-order valence-electron chi connectivity index (χ3n) is 5.42. The van der Waals surface area contributed by atoms with E-state index >= 15 is 0 Å². The number of fused-ring (bicyclic) bond motifs is 1. The molecule has 0 bridgehead atoms. The van der Waals surface area contributed by atoms with Crippen molar-refractivity contribution in [2.45, 2.75) is 31.4 Å². The van der Waals surface area contributed by atoms with Crippen molar-refractivity contribution in [3.05, 3.63) is 58.7 Å². The van der Waals surface area contributed by atoms with E-state index in [1.807, 2.05) is 0 Å². The molecule has 2 aromatic heterocycles.